The average Bonchev–Trinajstić information content (AvgIpc) is 2.38. The summed E-state index contributed by atoms with van der Waals surface area (Å²) in [5, 5.41) is 0. The zero-order valence-electron chi connectivity index (χ0n) is 11.3. The summed E-state index contributed by atoms with van der Waals surface area (Å²) in [7, 11) is 0. The van der Waals surface area contributed by atoms with Crippen LogP contribution in [0.15, 0.2) is 6.07 Å². The predicted molar refractivity (Wildman–Crippen MR) is 67.1 cm³/mol. The number of ether oxygens (including phenoxy) is 2. The van der Waals surface area contributed by atoms with Crippen molar-refractivity contribution in [1.29, 1.82) is 0 Å². The number of benzene rings is 1. The van der Waals surface area contributed by atoms with E-state index in [1.807, 2.05) is 13.8 Å². The van der Waals surface area contributed by atoms with Gasteiger partial charge in [-0.25, -0.2) is 8.78 Å². The first-order valence-electron chi connectivity index (χ1n) is 6.54. The zero-order chi connectivity index (χ0) is 14.3. The molecule has 0 bridgehead atoms. The Morgan fingerprint density at radius 1 is 0.842 bits per heavy atom. The van der Waals surface area contributed by atoms with E-state index in [0.29, 0.717) is 18.9 Å². The number of rotatable bonds is 8. The van der Waals surface area contributed by atoms with Crippen LogP contribution in [0.1, 0.15) is 39.5 Å². The van der Waals surface area contributed by atoms with E-state index in [0.717, 1.165) is 12.8 Å². The Kier molecular flexibility index (Phi) is 6.53. The van der Waals surface area contributed by atoms with Crippen molar-refractivity contribution >= 4 is 0 Å². The SMILES string of the molecule is CCCCOc1c(F)cc(F)c(F)c1OCCCC. The van der Waals surface area contributed by atoms with Gasteiger partial charge in [0.1, 0.15) is 0 Å². The van der Waals surface area contributed by atoms with Crippen molar-refractivity contribution in [3.8, 4) is 11.5 Å². The fraction of sp³-hybridized carbons (Fsp3) is 0.571. The minimum atomic E-state index is -1.27. The van der Waals surface area contributed by atoms with Gasteiger partial charge in [0, 0.05) is 6.07 Å². The van der Waals surface area contributed by atoms with E-state index in [4.69, 9.17) is 9.47 Å². The molecule has 19 heavy (non-hydrogen) atoms. The van der Waals surface area contributed by atoms with Crippen molar-refractivity contribution in [3.05, 3.63) is 23.5 Å². The number of halogens is 3. The van der Waals surface area contributed by atoms with Gasteiger partial charge in [-0.1, -0.05) is 26.7 Å². The molecule has 0 N–H and O–H groups in total. The van der Waals surface area contributed by atoms with Gasteiger partial charge in [-0.15, -0.1) is 0 Å². The lowest BCUT2D eigenvalue weighted by atomic mass is 10.2. The third-order valence-electron chi connectivity index (χ3n) is 2.57. The highest BCUT2D eigenvalue weighted by Crippen LogP contribution is 2.35. The molecule has 0 aromatic heterocycles. The van der Waals surface area contributed by atoms with Crippen LogP contribution in [0.2, 0.25) is 0 Å². The molecule has 0 aliphatic heterocycles. The Hall–Kier alpha value is -1.39. The molecule has 0 radical (unpaired) electrons. The molecule has 5 heteroatoms. The monoisotopic (exact) mass is 276 g/mol. The van der Waals surface area contributed by atoms with Crippen LogP contribution in [0.3, 0.4) is 0 Å². The molecule has 0 fully saturated rings. The molecule has 0 atom stereocenters. The molecule has 108 valence electrons. The summed E-state index contributed by atoms with van der Waals surface area (Å²) >= 11 is 0. The van der Waals surface area contributed by atoms with Crippen LogP contribution in [0.5, 0.6) is 11.5 Å². The molecule has 1 rings (SSSR count). The normalized spacial score (nSPS) is 10.6. The summed E-state index contributed by atoms with van der Waals surface area (Å²) in [6.45, 7) is 4.32. The van der Waals surface area contributed by atoms with Crippen molar-refractivity contribution in [2.45, 2.75) is 39.5 Å². The van der Waals surface area contributed by atoms with Crippen molar-refractivity contribution in [1.82, 2.24) is 0 Å². The van der Waals surface area contributed by atoms with Gasteiger partial charge in [-0.2, -0.15) is 4.39 Å². The molecule has 1 aromatic carbocycles. The summed E-state index contributed by atoms with van der Waals surface area (Å²) in [5.74, 6) is -4.23. The van der Waals surface area contributed by atoms with Gasteiger partial charge in [0.2, 0.25) is 11.6 Å². The standard InChI is InChI=1S/C14H19F3O2/c1-3-5-7-18-13-11(16)9-10(15)12(17)14(13)19-8-6-4-2/h9H,3-8H2,1-2H3. The van der Waals surface area contributed by atoms with E-state index in [-0.39, 0.29) is 19.0 Å². The minimum absolute atomic E-state index is 0.195. The average molecular weight is 276 g/mol. The van der Waals surface area contributed by atoms with Crippen LogP contribution in [0.4, 0.5) is 13.2 Å². The largest absolute Gasteiger partial charge is 0.487 e. The summed E-state index contributed by atoms with van der Waals surface area (Å²) in [6, 6.07) is 0.475. The second kappa shape index (κ2) is 7.92. The molecular formula is C14H19F3O2. The van der Waals surface area contributed by atoms with Crippen molar-refractivity contribution in [2.75, 3.05) is 13.2 Å². The van der Waals surface area contributed by atoms with Crippen LogP contribution in [0, 0.1) is 17.5 Å². The van der Waals surface area contributed by atoms with E-state index in [9.17, 15) is 13.2 Å². The Bertz CT molecular complexity index is 408. The summed E-state index contributed by atoms with van der Waals surface area (Å²) in [5.41, 5.74) is 0. The topological polar surface area (TPSA) is 18.5 Å². The number of hydrogen-bond acceptors (Lipinski definition) is 2. The molecule has 0 aliphatic rings. The first-order valence-corrected chi connectivity index (χ1v) is 6.54. The van der Waals surface area contributed by atoms with Crippen LogP contribution in [-0.4, -0.2) is 13.2 Å². The lowest BCUT2D eigenvalue weighted by Crippen LogP contribution is -2.07. The molecule has 2 nitrogen and oxygen atoms in total. The third kappa shape index (κ3) is 4.33. The highest BCUT2D eigenvalue weighted by Gasteiger charge is 2.21. The van der Waals surface area contributed by atoms with E-state index in [2.05, 4.69) is 0 Å². The lowest BCUT2D eigenvalue weighted by Gasteiger charge is -2.14. The van der Waals surface area contributed by atoms with Gasteiger partial charge < -0.3 is 9.47 Å². The molecule has 0 saturated heterocycles. The van der Waals surface area contributed by atoms with Crippen molar-refractivity contribution < 1.29 is 22.6 Å². The molecule has 0 amide bonds. The fourth-order valence-corrected chi connectivity index (χ4v) is 1.46. The molecule has 0 spiro atoms. The Labute approximate surface area is 111 Å². The van der Waals surface area contributed by atoms with Crippen LogP contribution >= 0.6 is 0 Å². The van der Waals surface area contributed by atoms with E-state index in [1.54, 1.807) is 0 Å². The molecule has 0 unspecified atom stereocenters. The van der Waals surface area contributed by atoms with Crippen LogP contribution < -0.4 is 9.47 Å². The second-order valence-electron chi connectivity index (χ2n) is 4.22. The Morgan fingerprint density at radius 2 is 1.37 bits per heavy atom. The van der Waals surface area contributed by atoms with Crippen molar-refractivity contribution in [3.63, 3.8) is 0 Å². The lowest BCUT2D eigenvalue weighted by molar-refractivity contribution is 0.238. The molecule has 0 saturated carbocycles. The highest BCUT2D eigenvalue weighted by molar-refractivity contribution is 5.43. The minimum Gasteiger partial charge on any atom is -0.487 e. The maximum absolute atomic E-state index is 13.6. The van der Waals surface area contributed by atoms with Crippen molar-refractivity contribution in [2.24, 2.45) is 0 Å². The van der Waals surface area contributed by atoms with Gasteiger partial charge in [-0.05, 0) is 12.8 Å². The van der Waals surface area contributed by atoms with Gasteiger partial charge in [-0.3, -0.25) is 0 Å². The molecule has 0 aliphatic carbocycles. The summed E-state index contributed by atoms with van der Waals surface area (Å²) < 4.78 is 50.7. The highest BCUT2D eigenvalue weighted by atomic mass is 19.2. The van der Waals surface area contributed by atoms with Gasteiger partial charge in [0.15, 0.2) is 17.4 Å². The quantitative estimate of drug-likeness (QED) is 0.515. The van der Waals surface area contributed by atoms with Gasteiger partial charge in [0.05, 0.1) is 13.2 Å². The zero-order valence-corrected chi connectivity index (χ0v) is 11.3. The number of unbranched alkanes of at least 4 members (excludes halogenated alkanes) is 2. The summed E-state index contributed by atoms with van der Waals surface area (Å²) in [4.78, 5) is 0. The maximum atomic E-state index is 13.6. The van der Waals surface area contributed by atoms with Gasteiger partial charge in [0.25, 0.3) is 0 Å². The Balaban J connectivity index is 2.93. The first kappa shape index (κ1) is 15.7. The van der Waals surface area contributed by atoms with E-state index in [1.165, 1.54) is 0 Å². The first-order chi connectivity index (χ1) is 9.11. The molecule has 0 heterocycles. The predicted octanol–water partition coefficient (Wildman–Crippen LogP) is 4.46. The Morgan fingerprint density at radius 3 is 1.89 bits per heavy atom. The van der Waals surface area contributed by atoms with Crippen LogP contribution in [0.25, 0.3) is 0 Å². The molecule has 1 aromatic rings. The molecular weight excluding hydrogens is 257 g/mol. The van der Waals surface area contributed by atoms with E-state index >= 15 is 0 Å². The van der Waals surface area contributed by atoms with Crippen LogP contribution in [-0.2, 0) is 0 Å². The summed E-state index contributed by atoms with van der Waals surface area (Å²) in [6.07, 6.45) is 3.07. The van der Waals surface area contributed by atoms with E-state index < -0.39 is 23.2 Å². The van der Waals surface area contributed by atoms with Gasteiger partial charge >= 0.3 is 0 Å². The maximum Gasteiger partial charge on any atom is 0.204 e. The second-order valence-corrected chi connectivity index (χ2v) is 4.22. The third-order valence-corrected chi connectivity index (χ3v) is 2.57. The smallest absolute Gasteiger partial charge is 0.204 e. The number of hydrogen-bond donors (Lipinski definition) is 0. The fourth-order valence-electron chi connectivity index (χ4n) is 1.46.